The van der Waals surface area contributed by atoms with E-state index in [1.54, 1.807) is 19.1 Å². The highest BCUT2D eigenvalue weighted by molar-refractivity contribution is 5.73. The quantitative estimate of drug-likeness (QED) is 0.779. The summed E-state index contributed by atoms with van der Waals surface area (Å²) in [6.45, 7) is 1.78. The van der Waals surface area contributed by atoms with Crippen LogP contribution in [0.3, 0.4) is 0 Å². The van der Waals surface area contributed by atoms with Crippen molar-refractivity contribution in [2.75, 3.05) is 11.1 Å². The summed E-state index contributed by atoms with van der Waals surface area (Å²) in [6, 6.07) is 8.50. The van der Waals surface area contributed by atoms with Gasteiger partial charge in [0.15, 0.2) is 0 Å². The fourth-order valence-corrected chi connectivity index (χ4v) is 1.56. The minimum Gasteiger partial charge on any atom is -0.397 e. The Morgan fingerprint density at radius 1 is 0.941 bits per heavy atom. The maximum Gasteiger partial charge on any atom is 0.125 e. The Morgan fingerprint density at radius 2 is 1.53 bits per heavy atom. The number of nitrogen functional groups attached to an aromatic ring is 1. The van der Waals surface area contributed by atoms with Gasteiger partial charge in [0.05, 0.1) is 11.4 Å². The molecule has 88 valence electrons. The standard InChI is InChI=1S/C13H12F2N2/c1-8-6-9(14)2-4-12(8)17-13-5-3-10(15)7-11(13)16/h2-7,17H,16H2,1H3. The molecule has 0 heterocycles. The molecule has 0 fully saturated rings. The normalized spacial score (nSPS) is 10.3. The summed E-state index contributed by atoms with van der Waals surface area (Å²) in [4.78, 5) is 0. The lowest BCUT2D eigenvalue weighted by Gasteiger charge is -2.11. The average Bonchev–Trinajstić information content (AvgIpc) is 2.25. The van der Waals surface area contributed by atoms with Crippen molar-refractivity contribution in [2.45, 2.75) is 6.92 Å². The second-order valence-corrected chi connectivity index (χ2v) is 3.82. The summed E-state index contributed by atoms with van der Waals surface area (Å²) in [5.74, 6) is -0.677. The number of halogens is 2. The summed E-state index contributed by atoms with van der Waals surface area (Å²) in [6.07, 6.45) is 0. The van der Waals surface area contributed by atoms with Crippen LogP contribution in [0.4, 0.5) is 25.8 Å². The molecule has 0 aliphatic heterocycles. The molecule has 2 aromatic rings. The third-order valence-corrected chi connectivity index (χ3v) is 2.47. The van der Waals surface area contributed by atoms with Crippen LogP contribution in [0.25, 0.3) is 0 Å². The van der Waals surface area contributed by atoms with E-state index < -0.39 is 0 Å². The summed E-state index contributed by atoms with van der Waals surface area (Å²) < 4.78 is 25.8. The van der Waals surface area contributed by atoms with Crippen molar-refractivity contribution in [1.29, 1.82) is 0 Å². The Hall–Kier alpha value is -2.10. The van der Waals surface area contributed by atoms with Crippen molar-refractivity contribution in [2.24, 2.45) is 0 Å². The van der Waals surface area contributed by atoms with E-state index in [1.165, 1.54) is 24.3 Å². The van der Waals surface area contributed by atoms with Gasteiger partial charge in [0, 0.05) is 5.69 Å². The number of nitrogens with one attached hydrogen (secondary N) is 1. The van der Waals surface area contributed by atoms with E-state index >= 15 is 0 Å². The van der Waals surface area contributed by atoms with Crippen molar-refractivity contribution in [3.8, 4) is 0 Å². The predicted octanol–water partition coefficient (Wildman–Crippen LogP) is 3.60. The lowest BCUT2D eigenvalue weighted by atomic mass is 10.2. The number of aryl methyl sites for hydroxylation is 1. The molecule has 0 aliphatic carbocycles. The summed E-state index contributed by atoms with van der Waals surface area (Å²) >= 11 is 0. The van der Waals surface area contributed by atoms with Crippen LogP contribution in [0.15, 0.2) is 36.4 Å². The summed E-state index contributed by atoms with van der Waals surface area (Å²) in [5.41, 5.74) is 8.08. The van der Waals surface area contributed by atoms with E-state index in [4.69, 9.17) is 5.73 Å². The SMILES string of the molecule is Cc1cc(F)ccc1Nc1ccc(F)cc1N. The fourth-order valence-electron chi connectivity index (χ4n) is 1.56. The molecule has 0 radical (unpaired) electrons. The van der Waals surface area contributed by atoms with Gasteiger partial charge >= 0.3 is 0 Å². The topological polar surface area (TPSA) is 38.0 Å². The molecule has 0 spiro atoms. The van der Waals surface area contributed by atoms with Crippen LogP contribution in [0.5, 0.6) is 0 Å². The van der Waals surface area contributed by atoms with Gasteiger partial charge in [-0.1, -0.05) is 0 Å². The molecule has 0 aliphatic rings. The lowest BCUT2D eigenvalue weighted by molar-refractivity contribution is 0.627. The highest BCUT2D eigenvalue weighted by Crippen LogP contribution is 2.26. The van der Waals surface area contributed by atoms with Crippen molar-refractivity contribution < 1.29 is 8.78 Å². The molecular weight excluding hydrogens is 222 g/mol. The predicted molar refractivity (Wildman–Crippen MR) is 65.2 cm³/mol. The van der Waals surface area contributed by atoms with Crippen LogP contribution < -0.4 is 11.1 Å². The van der Waals surface area contributed by atoms with Crippen LogP contribution in [0.2, 0.25) is 0 Å². The zero-order valence-electron chi connectivity index (χ0n) is 9.30. The van der Waals surface area contributed by atoms with Crippen LogP contribution in [0.1, 0.15) is 5.56 Å². The van der Waals surface area contributed by atoms with Gasteiger partial charge in [0.1, 0.15) is 11.6 Å². The Kier molecular flexibility index (Phi) is 2.95. The van der Waals surface area contributed by atoms with E-state index in [0.29, 0.717) is 11.4 Å². The molecule has 0 bridgehead atoms. The number of hydrogen-bond donors (Lipinski definition) is 2. The highest BCUT2D eigenvalue weighted by atomic mass is 19.1. The Labute approximate surface area is 98.1 Å². The van der Waals surface area contributed by atoms with Crippen molar-refractivity contribution in [3.63, 3.8) is 0 Å². The van der Waals surface area contributed by atoms with Crippen LogP contribution in [-0.4, -0.2) is 0 Å². The molecule has 0 saturated heterocycles. The van der Waals surface area contributed by atoms with Gasteiger partial charge in [0.2, 0.25) is 0 Å². The minimum absolute atomic E-state index is 0.292. The number of anilines is 3. The maximum atomic E-state index is 12.9. The molecule has 2 nitrogen and oxygen atoms in total. The third kappa shape index (κ3) is 2.53. The zero-order chi connectivity index (χ0) is 12.4. The van der Waals surface area contributed by atoms with Gasteiger partial charge in [-0.3, -0.25) is 0 Å². The number of rotatable bonds is 2. The van der Waals surface area contributed by atoms with Crippen LogP contribution in [-0.2, 0) is 0 Å². The molecule has 0 saturated carbocycles. The Morgan fingerprint density at radius 3 is 2.12 bits per heavy atom. The van der Waals surface area contributed by atoms with E-state index in [9.17, 15) is 8.78 Å². The molecule has 0 atom stereocenters. The maximum absolute atomic E-state index is 12.9. The van der Waals surface area contributed by atoms with E-state index in [2.05, 4.69) is 5.32 Å². The first-order valence-electron chi connectivity index (χ1n) is 5.14. The number of nitrogens with two attached hydrogens (primary N) is 1. The molecule has 17 heavy (non-hydrogen) atoms. The van der Waals surface area contributed by atoms with E-state index in [-0.39, 0.29) is 11.6 Å². The zero-order valence-corrected chi connectivity index (χ0v) is 9.30. The molecule has 2 aromatic carbocycles. The molecule has 2 rings (SSSR count). The first-order valence-corrected chi connectivity index (χ1v) is 5.14. The molecule has 4 heteroatoms. The number of hydrogen-bond acceptors (Lipinski definition) is 2. The Bertz CT molecular complexity index is 504. The second kappa shape index (κ2) is 4.41. The van der Waals surface area contributed by atoms with Crippen molar-refractivity contribution >= 4 is 17.1 Å². The van der Waals surface area contributed by atoms with Gasteiger partial charge in [-0.15, -0.1) is 0 Å². The van der Waals surface area contributed by atoms with Gasteiger partial charge in [-0.25, -0.2) is 8.78 Å². The molecular formula is C13H12F2N2. The molecule has 0 unspecified atom stereocenters. The van der Waals surface area contributed by atoms with Gasteiger partial charge in [-0.05, 0) is 48.9 Å². The van der Waals surface area contributed by atoms with Gasteiger partial charge in [-0.2, -0.15) is 0 Å². The lowest BCUT2D eigenvalue weighted by Crippen LogP contribution is -1.98. The molecule has 3 N–H and O–H groups in total. The largest absolute Gasteiger partial charge is 0.397 e. The number of benzene rings is 2. The smallest absolute Gasteiger partial charge is 0.125 e. The average molecular weight is 234 g/mol. The second-order valence-electron chi connectivity index (χ2n) is 3.82. The monoisotopic (exact) mass is 234 g/mol. The summed E-state index contributed by atoms with van der Waals surface area (Å²) in [7, 11) is 0. The van der Waals surface area contributed by atoms with Crippen LogP contribution in [0, 0.1) is 18.6 Å². The first kappa shape index (κ1) is 11.4. The van der Waals surface area contributed by atoms with E-state index in [0.717, 1.165) is 11.3 Å². The molecule has 0 amide bonds. The first-order chi connectivity index (χ1) is 8.06. The summed E-state index contributed by atoms with van der Waals surface area (Å²) in [5, 5.41) is 3.04. The fraction of sp³-hybridized carbons (Fsp3) is 0.0769. The van der Waals surface area contributed by atoms with Gasteiger partial charge < -0.3 is 11.1 Å². The Balaban J connectivity index is 2.31. The van der Waals surface area contributed by atoms with Crippen molar-refractivity contribution in [1.82, 2.24) is 0 Å². The van der Waals surface area contributed by atoms with Crippen LogP contribution >= 0.6 is 0 Å². The van der Waals surface area contributed by atoms with Gasteiger partial charge in [0.25, 0.3) is 0 Å². The van der Waals surface area contributed by atoms with E-state index in [1.807, 2.05) is 0 Å². The highest BCUT2D eigenvalue weighted by Gasteiger charge is 2.04. The third-order valence-electron chi connectivity index (χ3n) is 2.47. The minimum atomic E-state index is -0.385. The van der Waals surface area contributed by atoms with Crippen molar-refractivity contribution in [3.05, 3.63) is 53.6 Å². The molecule has 0 aromatic heterocycles.